The first-order valence-corrected chi connectivity index (χ1v) is 24.0. The Kier molecular flexibility index (Phi) is 14.1. The standard InChI is InChI=1S/C27H37ClO2.C26H35ClO3/c1-18-7-12-23-25(30)24(14-16-26(18,23)2)27(3)15-13-22(29)17-20(27)6-4-5-19-8-10-21(28)11-9-19;1-25(22-13-15-26(2)21(24(22)30)10-11-23(26)29)14-12-20(28)16-18(25)5-3-4-17-6-8-19(27)9-7-17/h4-5,8-11,20,22-25,29-30H,1,6-7,12-17H2,2-3H3;3-4,6-9,18,20-22,24,28,30H,5,10-16H2,1-2H3/b5-4-;4-3-/t20-,22-,23?,24?,25-,26+,27-;18-,20-,21?,22?,24-,25-,26-/m00/s1. The third-order valence-electron chi connectivity index (χ3n) is 18.0. The van der Waals surface area contributed by atoms with Crippen molar-refractivity contribution in [2.45, 2.75) is 155 Å². The summed E-state index contributed by atoms with van der Waals surface area (Å²) in [6.45, 7) is 13.5. The first kappa shape index (κ1) is 45.8. The largest absolute Gasteiger partial charge is 0.393 e. The summed E-state index contributed by atoms with van der Waals surface area (Å²) in [7, 11) is 0. The number of halogens is 2. The van der Waals surface area contributed by atoms with Crippen LogP contribution in [-0.2, 0) is 4.79 Å². The molecule has 0 heterocycles. The number of carbonyl (C=O) groups is 1. The number of allylic oxidation sites excluding steroid dienone is 3. The quantitative estimate of drug-likeness (QED) is 0.198. The summed E-state index contributed by atoms with van der Waals surface area (Å²) in [6, 6.07) is 15.7. The third-order valence-corrected chi connectivity index (χ3v) is 18.5. The summed E-state index contributed by atoms with van der Waals surface area (Å²) in [6.07, 6.45) is 22.2. The first-order chi connectivity index (χ1) is 28.5. The zero-order valence-corrected chi connectivity index (χ0v) is 38.2. The van der Waals surface area contributed by atoms with E-state index in [1.54, 1.807) is 0 Å². The molecule has 0 aromatic heterocycles. The van der Waals surface area contributed by atoms with Gasteiger partial charge >= 0.3 is 0 Å². The zero-order valence-electron chi connectivity index (χ0n) is 36.7. The number of hydrogen-bond donors (Lipinski definition) is 4. The Bertz CT molecular complexity index is 1740. The topological polar surface area (TPSA) is 98.0 Å². The minimum atomic E-state index is -0.418. The highest BCUT2D eigenvalue weighted by Crippen LogP contribution is 2.62. The SMILES string of the molecule is C=C1CCC2[C@H](O)C([C@@]3(C)CC[C@H](O)C[C@@H]3C/C=C\c3ccc(Cl)cc3)CC[C@]12C.C[C@]12CCC([C@@]3(C)CC[C@H](O)C[C@@H]3C/C=C\c3ccc(Cl)cc3)[C@@H](O)C1CCC2=O. The normalized spacial score (nSPS) is 41.9. The molecule has 60 heavy (non-hydrogen) atoms. The van der Waals surface area contributed by atoms with E-state index in [2.05, 4.69) is 58.6 Å². The number of benzene rings is 2. The second-order valence-corrected chi connectivity index (χ2v) is 21.9. The predicted octanol–water partition coefficient (Wildman–Crippen LogP) is 12.3. The summed E-state index contributed by atoms with van der Waals surface area (Å²) in [5.74, 6) is 2.00. The number of fused-ring (bicyclic) bond motifs is 2. The highest BCUT2D eigenvalue weighted by molar-refractivity contribution is 6.30. The Balaban J connectivity index is 0.000000181. The van der Waals surface area contributed by atoms with Crippen LogP contribution < -0.4 is 0 Å². The van der Waals surface area contributed by atoms with Gasteiger partial charge in [-0.3, -0.25) is 4.79 Å². The van der Waals surface area contributed by atoms with Gasteiger partial charge in [0, 0.05) is 21.9 Å². The van der Waals surface area contributed by atoms with Crippen LogP contribution in [-0.4, -0.2) is 50.6 Å². The van der Waals surface area contributed by atoms with Gasteiger partial charge in [0.25, 0.3) is 0 Å². The summed E-state index contributed by atoms with van der Waals surface area (Å²) >= 11 is 12.0. The molecule has 328 valence electrons. The number of rotatable bonds is 8. The van der Waals surface area contributed by atoms with Gasteiger partial charge in [-0.25, -0.2) is 0 Å². The molecule has 7 heteroatoms. The van der Waals surface area contributed by atoms with E-state index in [1.165, 1.54) is 5.57 Å². The Labute approximate surface area is 370 Å². The molecule has 0 spiro atoms. The van der Waals surface area contributed by atoms with Crippen molar-refractivity contribution in [1.29, 1.82) is 0 Å². The lowest BCUT2D eigenvalue weighted by atomic mass is 9.51. The molecule has 4 N–H and O–H groups in total. The lowest BCUT2D eigenvalue weighted by molar-refractivity contribution is -0.144. The van der Waals surface area contributed by atoms with Crippen LogP contribution in [0.2, 0.25) is 10.0 Å². The van der Waals surface area contributed by atoms with Gasteiger partial charge in [0.05, 0.1) is 24.4 Å². The van der Waals surface area contributed by atoms with Crippen LogP contribution >= 0.6 is 23.2 Å². The van der Waals surface area contributed by atoms with E-state index in [9.17, 15) is 25.2 Å². The van der Waals surface area contributed by atoms with Crippen molar-refractivity contribution >= 4 is 41.1 Å². The second-order valence-electron chi connectivity index (χ2n) is 21.1. The second kappa shape index (κ2) is 18.5. The smallest absolute Gasteiger partial charge is 0.139 e. The van der Waals surface area contributed by atoms with Gasteiger partial charge < -0.3 is 20.4 Å². The monoisotopic (exact) mass is 858 g/mol. The van der Waals surface area contributed by atoms with Crippen LogP contribution in [0.4, 0.5) is 0 Å². The maximum absolute atomic E-state index is 12.5. The zero-order chi connectivity index (χ0) is 43.0. The summed E-state index contributed by atoms with van der Waals surface area (Å²) in [5, 5.41) is 45.3. The molecule has 5 nitrogen and oxygen atoms in total. The fraction of sp³-hybridized carbons (Fsp3) is 0.642. The Hall–Kier alpha value is -2.25. The molecule has 0 saturated heterocycles. The van der Waals surface area contributed by atoms with Gasteiger partial charge in [-0.05, 0) is 183 Å². The van der Waals surface area contributed by atoms with Crippen molar-refractivity contribution in [3.05, 3.63) is 94.0 Å². The van der Waals surface area contributed by atoms with Gasteiger partial charge in [0.1, 0.15) is 5.78 Å². The number of carbonyl (C=O) groups excluding carboxylic acids is 1. The van der Waals surface area contributed by atoms with Crippen LogP contribution in [0.5, 0.6) is 0 Å². The Morgan fingerprint density at radius 1 is 0.583 bits per heavy atom. The highest BCUT2D eigenvalue weighted by atomic mass is 35.5. The van der Waals surface area contributed by atoms with Crippen LogP contribution in [0, 0.1) is 57.2 Å². The summed E-state index contributed by atoms with van der Waals surface area (Å²) in [4.78, 5) is 12.5. The van der Waals surface area contributed by atoms with E-state index < -0.39 is 6.10 Å². The molecular formula is C53H72Cl2O5. The van der Waals surface area contributed by atoms with E-state index in [0.717, 1.165) is 117 Å². The maximum Gasteiger partial charge on any atom is 0.139 e. The van der Waals surface area contributed by atoms with Gasteiger partial charge in [-0.1, -0.05) is 112 Å². The van der Waals surface area contributed by atoms with Crippen molar-refractivity contribution in [3.63, 3.8) is 0 Å². The highest BCUT2D eigenvalue weighted by Gasteiger charge is 2.59. The third kappa shape index (κ3) is 9.07. The fourth-order valence-electron chi connectivity index (χ4n) is 13.7. The fourth-order valence-corrected chi connectivity index (χ4v) is 14.0. The molecule has 0 amide bonds. The molecule has 2 aromatic carbocycles. The van der Waals surface area contributed by atoms with Crippen molar-refractivity contribution < 1.29 is 25.2 Å². The average molecular weight is 860 g/mol. The minimum Gasteiger partial charge on any atom is -0.393 e. The first-order valence-electron chi connectivity index (χ1n) is 23.3. The van der Waals surface area contributed by atoms with Gasteiger partial charge in [-0.2, -0.15) is 0 Å². The van der Waals surface area contributed by atoms with E-state index >= 15 is 0 Å². The Morgan fingerprint density at radius 2 is 1.00 bits per heavy atom. The van der Waals surface area contributed by atoms with Gasteiger partial charge in [0.15, 0.2) is 0 Å². The minimum absolute atomic E-state index is 0.0179. The average Bonchev–Trinajstić information content (AvgIpc) is 3.70. The van der Waals surface area contributed by atoms with Crippen LogP contribution in [0.15, 0.2) is 72.8 Å². The summed E-state index contributed by atoms with van der Waals surface area (Å²) < 4.78 is 0. The van der Waals surface area contributed by atoms with Gasteiger partial charge in [-0.15, -0.1) is 0 Å². The van der Waals surface area contributed by atoms with E-state index in [4.69, 9.17) is 23.2 Å². The van der Waals surface area contributed by atoms with Crippen molar-refractivity contribution in [2.75, 3.05) is 0 Å². The molecule has 8 rings (SSSR count). The molecule has 0 radical (unpaired) electrons. The molecule has 4 unspecified atom stereocenters. The van der Waals surface area contributed by atoms with Crippen LogP contribution in [0.3, 0.4) is 0 Å². The molecule has 0 bridgehead atoms. The molecule has 0 aliphatic heterocycles. The predicted molar refractivity (Wildman–Crippen MR) is 246 cm³/mol. The molecule has 6 aliphatic rings. The van der Waals surface area contributed by atoms with E-state index in [0.29, 0.717) is 35.9 Å². The van der Waals surface area contributed by atoms with Crippen molar-refractivity contribution in [2.24, 2.45) is 57.2 Å². The van der Waals surface area contributed by atoms with Gasteiger partial charge in [0.2, 0.25) is 0 Å². The van der Waals surface area contributed by atoms with Crippen molar-refractivity contribution in [1.82, 2.24) is 0 Å². The Morgan fingerprint density at radius 3 is 1.47 bits per heavy atom. The van der Waals surface area contributed by atoms with Crippen LogP contribution in [0.25, 0.3) is 12.2 Å². The number of aliphatic hydroxyl groups excluding tert-OH is 4. The lowest BCUT2D eigenvalue weighted by Crippen LogP contribution is -2.53. The molecule has 14 atom stereocenters. The summed E-state index contributed by atoms with van der Waals surface area (Å²) in [5.41, 5.74) is 3.45. The molecule has 6 aliphatic carbocycles. The number of hydrogen-bond acceptors (Lipinski definition) is 5. The number of ketones is 1. The lowest BCUT2D eigenvalue weighted by Gasteiger charge is -2.55. The van der Waals surface area contributed by atoms with E-state index in [1.807, 2.05) is 48.5 Å². The van der Waals surface area contributed by atoms with Crippen LogP contribution in [0.1, 0.15) is 142 Å². The molecule has 6 saturated carbocycles. The number of Topliss-reactive ketones (excluding diaryl/α,β-unsaturated/α-hetero) is 1. The maximum atomic E-state index is 12.5. The number of aliphatic hydroxyl groups is 4. The molecule has 2 aromatic rings. The van der Waals surface area contributed by atoms with E-state index in [-0.39, 0.29) is 51.8 Å². The molecular weight excluding hydrogens is 787 g/mol. The molecule has 6 fully saturated rings. The van der Waals surface area contributed by atoms with Crippen molar-refractivity contribution in [3.8, 4) is 0 Å².